The van der Waals surface area contributed by atoms with Gasteiger partial charge in [0.1, 0.15) is 0 Å². The van der Waals surface area contributed by atoms with Crippen molar-refractivity contribution in [2.75, 3.05) is 0 Å². The van der Waals surface area contributed by atoms with Gasteiger partial charge in [-0.25, -0.2) is 9.79 Å². The average molecular weight is 278 g/mol. The van der Waals surface area contributed by atoms with Gasteiger partial charge in [-0.2, -0.15) is 13.2 Å². The monoisotopic (exact) mass is 277 g/mol. The van der Waals surface area contributed by atoms with E-state index >= 15 is 0 Å². The summed E-state index contributed by atoms with van der Waals surface area (Å²) in [5.74, 6) is -1.08. The van der Waals surface area contributed by atoms with E-state index < -0.39 is 18.4 Å². The summed E-state index contributed by atoms with van der Waals surface area (Å²) in [6.45, 7) is 1.67. The number of esters is 1. The summed E-state index contributed by atoms with van der Waals surface area (Å²) in [4.78, 5) is 14.6. The predicted molar refractivity (Wildman–Crippen MR) is 58.7 cm³/mol. The molecule has 1 aromatic carbocycles. The van der Waals surface area contributed by atoms with Gasteiger partial charge in [-0.1, -0.05) is 17.7 Å². The van der Waals surface area contributed by atoms with Gasteiger partial charge in [0.2, 0.25) is 0 Å². The highest BCUT2D eigenvalue weighted by molar-refractivity contribution is 6.44. The first-order valence-corrected chi connectivity index (χ1v) is 5.29. The van der Waals surface area contributed by atoms with Gasteiger partial charge in [0.15, 0.2) is 5.71 Å². The number of hydrogen-bond donors (Lipinski definition) is 0. The molecule has 0 radical (unpaired) electrons. The van der Waals surface area contributed by atoms with Crippen molar-refractivity contribution in [2.45, 2.75) is 19.3 Å². The largest absolute Gasteiger partial charge is 0.447 e. The number of carbonyl (C=O) groups is 1. The minimum Gasteiger partial charge on any atom is -0.425 e. The minimum absolute atomic E-state index is 0.258. The zero-order chi connectivity index (χ0) is 13.5. The fourth-order valence-electron chi connectivity index (χ4n) is 1.48. The lowest BCUT2D eigenvalue weighted by atomic mass is 10.1. The molecule has 1 aliphatic rings. The van der Waals surface area contributed by atoms with Gasteiger partial charge in [0, 0.05) is 10.6 Å². The zero-order valence-corrected chi connectivity index (χ0v) is 9.84. The van der Waals surface area contributed by atoms with Crippen LogP contribution >= 0.6 is 11.6 Å². The lowest BCUT2D eigenvalue weighted by Gasteiger charge is -2.09. The van der Waals surface area contributed by atoms with Crippen molar-refractivity contribution in [1.82, 2.24) is 0 Å². The van der Waals surface area contributed by atoms with E-state index in [4.69, 9.17) is 11.6 Å². The summed E-state index contributed by atoms with van der Waals surface area (Å²) in [6, 6.07) is 4.40. The second kappa shape index (κ2) is 4.28. The van der Waals surface area contributed by atoms with E-state index in [0.717, 1.165) is 0 Å². The number of aryl methyl sites for hydroxylation is 1. The van der Waals surface area contributed by atoms with Crippen LogP contribution < -0.4 is 0 Å². The first kappa shape index (κ1) is 12.9. The van der Waals surface area contributed by atoms with Gasteiger partial charge in [0.05, 0.1) is 0 Å². The van der Waals surface area contributed by atoms with Crippen molar-refractivity contribution in [3.05, 3.63) is 34.3 Å². The van der Waals surface area contributed by atoms with E-state index in [-0.39, 0.29) is 11.3 Å². The number of alkyl halides is 3. The van der Waals surface area contributed by atoms with Gasteiger partial charge < -0.3 is 4.74 Å². The first-order chi connectivity index (χ1) is 8.29. The molecule has 0 spiro atoms. The molecule has 0 fully saturated rings. The van der Waals surface area contributed by atoms with Crippen LogP contribution in [0.4, 0.5) is 13.2 Å². The van der Waals surface area contributed by atoms with Gasteiger partial charge in [0.25, 0.3) is 6.23 Å². The Kier molecular flexibility index (Phi) is 3.06. The summed E-state index contributed by atoms with van der Waals surface area (Å²) >= 11 is 5.79. The quantitative estimate of drug-likeness (QED) is 0.740. The number of cyclic esters (lactones) is 1. The van der Waals surface area contributed by atoms with E-state index in [1.165, 1.54) is 18.2 Å². The molecule has 2 rings (SSSR count). The molecule has 1 atom stereocenters. The highest BCUT2D eigenvalue weighted by atomic mass is 35.5. The molecule has 0 aromatic heterocycles. The van der Waals surface area contributed by atoms with Gasteiger partial charge >= 0.3 is 12.1 Å². The number of halogens is 4. The molecule has 0 saturated carbocycles. The molecule has 1 heterocycles. The molecule has 0 N–H and O–H groups in total. The fourth-order valence-corrected chi connectivity index (χ4v) is 1.60. The Morgan fingerprint density at radius 3 is 2.56 bits per heavy atom. The Morgan fingerprint density at radius 1 is 1.39 bits per heavy atom. The van der Waals surface area contributed by atoms with Crippen molar-refractivity contribution in [3.63, 3.8) is 0 Å². The van der Waals surface area contributed by atoms with Gasteiger partial charge in [-0.15, -0.1) is 0 Å². The Balaban J connectivity index is 2.38. The van der Waals surface area contributed by atoms with Crippen LogP contribution in [-0.4, -0.2) is 24.1 Å². The number of benzene rings is 1. The van der Waals surface area contributed by atoms with Crippen molar-refractivity contribution >= 4 is 23.3 Å². The van der Waals surface area contributed by atoms with E-state index in [9.17, 15) is 18.0 Å². The maximum absolute atomic E-state index is 12.4. The normalized spacial score (nSPS) is 19.7. The predicted octanol–water partition coefficient (Wildman–Crippen LogP) is 2.88. The standard InChI is InChI=1S/C11H7ClF3NO2/c1-5-4-6(2-3-7(5)12)8-9(17)18-10(16-8)11(13,14)15/h2-4,10H,1H3. The Labute approximate surface area is 105 Å². The van der Waals surface area contributed by atoms with Crippen LogP contribution in [0.3, 0.4) is 0 Å². The number of ether oxygens (including phenoxy) is 1. The molecule has 0 bridgehead atoms. The number of carbonyl (C=O) groups excluding carboxylic acids is 1. The van der Waals surface area contributed by atoms with Crippen molar-refractivity contribution < 1.29 is 22.7 Å². The van der Waals surface area contributed by atoms with Crippen LogP contribution in [0.5, 0.6) is 0 Å². The molecular weight excluding hydrogens is 271 g/mol. The highest BCUT2D eigenvalue weighted by Gasteiger charge is 2.47. The number of nitrogens with zero attached hydrogens (tertiary/aromatic N) is 1. The van der Waals surface area contributed by atoms with E-state index in [0.29, 0.717) is 10.6 Å². The van der Waals surface area contributed by atoms with Crippen LogP contribution in [0.25, 0.3) is 0 Å². The van der Waals surface area contributed by atoms with Crippen molar-refractivity contribution in [1.29, 1.82) is 0 Å². The van der Waals surface area contributed by atoms with Crippen LogP contribution in [0, 0.1) is 6.92 Å². The second-order valence-electron chi connectivity index (χ2n) is 3.74. The third-order valence-corrected chi connectivity index (χ3v) is 2.79. The summed E-state index contributed by atoms with van der Waals surface area (Å²) < 4.78 is 41.2. The second-order valence-corrected chi connectivity index (χ2v) is 4.15. The third kappa shape index (κ3) is 2.33. The highest BCUT2D eigenvalue weighted by Crippen LogP contribution is 2.29. The van der Waals surface area contributed by atoms with Gasteiger partial charge in [-0.05, 0) is 24.6 Å². The van der Waals surface area contributed by atoms with E-state index in [1.54, 1.807) is 6.92 Å². The van der Waals surface area contributed by atoms with Crippen LogP contribution in [0.1, 0.15) is 11.1 Å². The average Bonchev–Trinajstić information content (AvgIpc) is 2.64. The summed E-state index contributed by atoms with van der Waals surface area (Å²) in [7, 11) is 0. The molecule has 0 amide bonds. The summed E-state index contributed by atoms with van der Waals surface area (Å²) in [5, 5.41) is 0.457. The smallest absolute Gasteiger partial charge is 0.425 e. The molecular formula is C11H7ClF3NO2. The summed E-state index contributed by atoms with van der Waals surface area (Å²) in [6.07, 6.45) is -7.12. The first-order valence-electron chi connectivity index (χ1n) is 4.91. The molecule has 1 unspecified atom stereocenters. The zero-order valence-electron chi connectivity index (χ0n) is 9.08. The lowest BCUT2D eigenvalue weighted by molar-refractivity contribution is -0.210. The molecule has 3 nitrogen and oxygen atoms in total. The molecule has 1 aliphatic heterocycles. The minimum atomic E-state index is -4.70. The van der Waals surface area contributed by atoms with Crippen molar-refractivity contribution in [3.8, 4) is 0 Å². The van der Waals surface area contributed by atoms with Crippen LogP contribution in [0.2, 0.25) is 5.02 Å². The molecule has 18 heavy (non-hydrogen) atoms. The lowest BCUT2D eigenvalue weighted by Crippen LogP contribution is -2.27. The number of hydrogen-bond acceptors (Lipinski definition) is 3. The topological polar surface area (TPSA) is 38.7 Å². The van der Waals surface area contributed by atoms with E-state index in [2.05, 4.69) is 9.73 Å². The molecule has 0 aliphatic carbocycles. The van der Waals surface area contributed by atoms with Crippen molar-refractivity contribution in [2.24, 2.45) is 4.99 Å². The molecule has 96 valence electrons. The molecule has 7 heteroatoms. The molecule has 0 saturated heterocycles. The number of aliphatic imine (C=N–C) groups is 1. The summed E-state index contributed by atoms with van der Waals surface area (Å²) in [5.41, 5.74) is 0.561. The van der Waals surface area contributed by atoms with E-state index in [1.807, 2.05) is 0 Å². The fraction of sp³-hybridized carbons (Fsp3) is 0.273. The van der Waals surface area contributed by atoms with Gasteiger partial charge in [-0.3, -0.25) is 0 Å². The third-order valence-electron chi connectivity index (χ3n) is 2.37. The van der Waals surface area contributed by atoms with Crippen LogP contribution in [0.15, 0.2) is 23.2 Å². The maximum atomic E-state index is 12.4. The SMILES string of the molecule is Cc1cc(C2=NC(C(F)(F)F)OC2=O)ccc1Cl. The Morgan fingerprint density at radius 2 is 2.06 bits per heavy atom. The Bertz CT molecular complexity index is 540. The number of rotatable bonds is 1. The molecule has 1 aromatic rings. The maximum Gasteiger partial charge on any atom is 0.447 e. The Hall–Kier alpha value is -1.56. The van der Waals surface area contributed by atoms with Crippen LogP contribution in [-0.2, 0) is 9.53 Å².